The van der Waals surface area contributed by atoms with Crippen molar-refractivity contribution in [3.05, 3.63) is 38.8 Å². The third-order valence-corrected chi connectivity index (χ3v) is 4.79. The van der Waals surface area contributed by atoms with Crippen LogP contribution in [0.2, 0.25) is 0 Å². The smallest absolute Gasteiger partial charge is 0.379 e. The maximum Gasteiger partial charge on any atom is 0.449 e. The van der Waals surface area contributed by atoms with Crippen LogP contribution in [-0.4, -0.2) is 53.2 Å². The summed E-state index contributed by atoms with van der Waals surface area (Å²) in [4.78, 5) is 49.7. The maximum absolute atomic E-state index is 12.1. The van der Waals surface area contributed by atoms with Gasteiger partial charge >= 0.3 is 16.4 Å². The van der Waals surface area contributed by atoms with Crippen molar-refractivity contribution < 1.29 is 36.5 Å². The highest BCUT2D eigenvalue weighted by atomic mass is 32.3. The molecule has 2 rings (SSSR count). The molecule has 15 nitrogen and oxygen atoms in total. The Balaban J connectivity index is 2.00. The van der Waals surface area contributed by atoms with E-state index in [0.717, 1.165) is 6.07 Å². The fourth-order valence-electron chi connectivity index (χ4n) is 3.07. The van der Waals surface area contributed by atoms with Crippen LogP contribution >= 0.6 is 0 Å². The minimum absolute atomic E-state index is 0.0601. The van der Waals surface area contributed by atoms with Gasteiger partial charge in [-0.1, -0.05) is 11.2 Å². The average molecular weight is 470 g/mol. The number of unbranched alkanes of at least 4 members (excludes halogenated alkanes) is 1. The van der Waals surface area contributed by atoms with Gasteiger partial charge in [0, 0.05) is 36.1 Å². The molecule has 16 heteroatoms. The standard InChI is InChI=1S/C16H18N6O9S/c17-20-19-10-4-5-11(13(9-10)22(26)27)18-8-2-1-3-12(16(25)31-32(28,29)30)21-14(23)6-7-15(21)24/h4-5,9,12,18H,1-3,6-8H2,(H,28,29,30). The second-order valence-corrected chi connectivity index (χ2v) is 7.60. The predicted octanol–water partition coefficient (Wildman–Crippen LogP) is 1.98. The number of nitro groups is 1. The summed E-state index contributed by atoms with van der Waals surface area (Å²) in [6.45, 7) is 0.184. The molecule has 1 heterocycles. The van der Waals surface area contributed by atoms with Crippen molar-refractivity contribution in [2.75, 3.05) is 11.9 Å². The number of anilines is 1. The molecule has 1 saturated heterocycles. The number of likely N-dealkylation sites (tertiary alicyclic amines) is 1. The Hall–Kier alpha value is -3.75. The summed E-state index contributed by atoms with van der Waals surface area (Å²) < 4.78 is 34.3. The van der Waals surface area contributed by atoms with E-state index < -0.39 is 39.1 Å². The van der Waals surface area contributed by atoms with Gasteiger partial charge in [-0.15, -0.1) is 0 Å². The average Bonchev–Trinajstić information content (AvgIpc) is 3.02. The number of carbonyl (C=O) groups excluding carboxylic acids is 3. The lowest BCUT2D eigenvalue weighted by Crippen LogP contribution is -2.45. The van der Waals surface area contributed by atoms with Gasteiger partial charge in [0.2, 0.25) is 11.8 Å². The van der Waals surface area contributed by atoms with E-state index in [0.29, 0.717) is 11.3 Å². The molecule has 32 heavy (non-hydrogen) atoms. The van der Waals surface area contributed by atoms with Crippen LogP contribution in [0.4, 0.5) is 17.1 Å². The first-order valence-electron chi connectivity index (χ1n) is 9.16. The molecule has 2 amide bonds. The number of hydrogen-bond donors (Lipinski definition) is 2. The van der Waals surface area contributed by atoms with Gasteiger partial charge in [-0.25, -0.2) is 4.79 Å². The van der Waals surface area contributed by atoms with Crippen molar-refractivity contribution in [3.8, 4) is 0 Å². The molecule has 1 aromatic carbocycles. The Kier molecular flexibility index (Phi) is 8.06. The van der Waals surface area contributed by atoms with Crippen molar-refractivity contribution >= 4 is 45.2 Å². The number of amides is 2. The minimum atomic E-state index is -5.13. The van der Waals surface area contributed by atoms with E-state index in [9.17, 15) is 32.9 Å². The van der Waals surface area contributed by atoms with Crippen molar-refractivity contribution in [3.63, 3.8) is 0 Å². The number of azide groups is 1. The zero-order valence-electron chi connectivity index (χ0n) is 16.4. The summed E-state index contributed by atoms with van der Waals surface area (Å²) >= 11 is 0. The first-order chi connectivity index (χ1) is 15.0. The summed E-state index contributed by atoms with van der Waals surface area (Å²) in [5, 5.41) is 17.3. The van der Waals surface area contributed by atoms with Gasteiger partial charge in [-0.2, -0.15) is 8.42 Å². The van der Waals surface area contributed by atoms with E-state index in [1.165, 1.54) is 12.1 Å². The summed E-state index contributed by atoms with van der Waals surface area (Å²) in [7, 11) is -5.13. The third kappa shape index (κ3) is 6.63. The summed E-state index contributed by atoms with van der Waals surface area (Å²) in [5.41, 5.74) is 8.31. The van der Waals surface area contributed by atoms with E-state index >= 15 is 0 Å². The number of hydrogen-bond acceptors (Lipinski definition) is 10. The number of nitro benzene ring substituents is 1. The van der Waals surface area contributed by atoms with E-state index in [2.05, 4.69) is 19.5 Å². The van der Waals surface area contributed by atoms with Crippen LogP contribution in [0.5, 0.6) is 0 Å². The zero-order valence-corrected chi connectivity index (χ0v) is 17.2. The topological polar surface area (TPSA) is 222 Å². The molecule has 1 aliphatic rings. The number of benzene rings is 1. The number of carbonyl (C=O) groups is 3. The highest BCUT2D eigenvalue weighted by Gasteiger charge is 2.40. The number of imide groups is 1. The fourth-order valence-corrected chi connectivity index (χ4v) is 3.39. The molecule has 1 unspecified atom stereocenters. The van der Waals surface area contributed by atoms with Gasteiger partial charge in [0.05, 0.1) is 4.92 Å². The van der Waals surface area contributed by atoms with Crippen LogP contribution in [0.3, 0.4) is 0 Å². The molecule has 1 fully saturated rings. The van der Waals surface area contributed by atoms with Crippen molar-refractivity contribution in [1.29, 1.82) is 0 Å². The van der Waals surface area contributed by atoms with Gasteiger partial charge in [0.15, 0.2) is 0 Å². The van der Waals surface area contributed by atoms with Crippen LogP contribution in [0.15, 0.2) is 23.3 Å². The van der Waals surface area contributed by atoms with E-state index in [-0.39, 0.29) is 49.3 Å². The number of rotatable bonds is 11. The molecular weight excluding hydrogens is 452 g/mol. The maximum atomic E-state index is 12.1. The molecule has 0 radical (unpaired) electrons. The monoisotopic (exact) mass is 470 g/mol. The molecular formula is C16H18N6O9S. The molecule has 0 aromatic heterocycles. The normalized spacial score (nSPS) is 14.6. The van der Waals surface area contributed by atoms with Crippen LogP contribution in [0, 0.1) is 10.1 Å². The molecule has 1 aromatic rings. The molecule has 1 atom stereocenters. The highest BCUT2D eigenvalue weighted by Crippen LogP contribution is 2.29. The minimum Gasteiger partial charge on any atom is -0.379 e. The Morgan fingerprint density at radius 2 is 2.00 bits per heavy atom. The summed E-state index contributed by atoms with van der Waals surface area (Å²) in [5.74, 6) is -2.80. The summed E-state index contributed by atoms with van der Waals surface area (Å²) in [6.07, 6.45) is 0.0869. The Morgan fingerprint density at radius 3 is 2.56 bits per heavy atom. The number of nitrogens with one attached hydrogen (secondary N) is 1. The second-order valence-electron chi connectivity index (χ2n) is 6.57. The fraction of sp³-hybridized carbons (Fsp3) is 0.438. The Bertz CT molecular complexity index is 1070. The predicted molar refractivity (Wildman–Crippen MR) is 107 cm³/mol. The quantitative estimate of drug-likeness (QED) is 0.0699. The van der Waals surface area contributed by atoms with Crippen LogP contribution in [0.1, 0.15) is 32.1 Å². The van der Waals surface area contributed by atoms with Gasteiger partial charge in [0.25, 0.3) is 5.69 Å². The SMILES string of the molecule is [N-]=[N+]=Nc1ccc(NCCCCC(C(=O)OS(=O)(=O)O)N2C(=O)CCC2=O)c([N+](=O)[O-])c1. The van der Waals surface area contributed by atoms with Crippen molar-refractivity contribution in [1.82, 2.24) is 4.90 Å². The first-order valence-corrected chi connectivity index (χ1v) is 10.5. The summed E-state index contributed by atoms with van der Waals surface area (Å²) in [6, 6.07) is 2.29. The van der Waals surface area contributed by atoms with E-state index in [1.807, 2.05) is 0 Å². The zero-order chi connectivity index (χ0) is 23.9. The lowest BCUT2D eigenvalue weighted by molar-refractivity contribution is -0.383. The van der Waals surface area contributed by atoms with Crippen LogP contribution < -0.4 is 5.32 Å². The lowest BCUT2D eigenvalue weighted by Gasteiger charge is -2.23. The molecule has 0 aliphatic carbocycles. The van der Waals surface area contributed by atoms with Crippen molar-refractivity contribution in [2.45, 2.75) is 38.1 Å². The Morgan fingerprint density at radius 1 is 1.34 bits per heavy atom. The molecule has 2 N–H and O–H groups in total. The molecule has 0 bridgehead atoms. The molecule has 172 valence electrons. The van der Waals surface area contributed by atoms with Crippen molar-refractivity contribution in [2.24, 2.45) is 5.11 Å². The van der Waals surface area contributed by atoms with E-state index in [4.69, 9.17) is 10.1 Å². The third-order valence-electron chi connectivity index (χ3n) is 4.42. The molecule has 0 spiro atoms. The van der Waals surface area contributed by atoms with Gasteiger partial charge in [0.1, 0.15) is 11.7 Å². The first kappa shape index (κ1) is 24.5. The largest absolute Gasteiger partial charge is 0.449 e. The van der Waals surface area contributed by atoms with Gasteiger partial charge in [-0.05, 0) is 30.9 Å². The number of nitrogens with zero attached hydrogens (tertiary/aromatic N) is 5. The van der Waals surface area contributed by atoms with Gasteiger partial charge in [-0.3, -0.25) is 29.2 Å². The van der Waals surface area contributed by atoms with E-state index in [1.54, 1.807) is 0 Å². The molecule has 1 aliphatic heterocycles. The van der Waals surface area contributed by atoms with Crippen LogP contribution in [-0.2, 0) is 29.0 Å². The van der Waals surface area contributed by atoms with Crippen LogP contribution in [0.25, 0.3) is 10.4 Å². The second kappa shape index (κ2) is 10.5. The molecule has 0 saturated carbocycles. The lowest BCUT2D eigenvalue weighted by atomic mass is 10.1. The highest BCUT2D eigenvalue weighted by molar-refractivity contribution is 7.81. The van der Waals surface area contributed by atoms with Gasteiger partial charge < -0.3 is 9.50 Å². The Labute approximate surface area is 181 Å².